The first-order chi connectivity index (χ1) is 6.59. The molecule has 0 unspecified atom stereocenters. The Morgan fingerprint density at radius 3 is 2.57 bits per heavy atom. The summed E-state index contributed by atoms with van der Waals surface area (Å²) in [6.45, 7) is 6.31. The molecule has 0 saturated carbocycles. The highest BCUT2D eigenvalue weighted by Crippen LogP contribution is 2.23. The minimum absolute atomic E-state index is 0.204. The van der Waals surface area contributed by atoms with Crippen molar-refractivity contribution in [3.8, 4) is 0 Å². The molecule has 0 radical (unpaired) electrons. The van der Waals surface area contributed by atoms with E-state index in [9.17, 15) is 4.79 Å². The molecule has 0 spiro atoms. The maximum Gasteiger partial charge on any atom is 0.302 e. The van der Waals surface area contributed by atoms with Gasteiger partial charge in [-0.2, -0.15) is 0 Å². The maximum atomic E-state index is 10.6. The topological polar surface area (TPSA) is 26.3 Å². The average molecular weight is 194 g/mol. The molecule has 1 rings (SSSR count). The summed E-state index contributed by atoms with van der Waals surface area (Å²) < 4.78 is 4.94. The van der Waals surface area contributed by atoms with Crippen LogP contribution in [0.2, 0.25) is 0 Å². The van der Waals surface area contributed by atoms with Gasteiger partial charge in [0.25, 0.3) is 0 Å². The van der Waals surface area contributed by atoms with Crippen molar-refractivity contribution < 1.29 is 9.53 Å². The Bertz CT molecular complexity index is 272. The van der Waals surface area contributed by atoms with E-state index in [1.807, 2.05) is 0 Å². The summed E-state index contributed by atoms with van der Waals surface area (Å²) in [6.07, 6.45) is 6.37. The van der Waals surface area contributed by atoms with Gasteiger partial charge in [0.05, 0.1) is 0 Å². The molecule has 1 aliphatic carbocycles. The Morgan fingerprint density at radius 2 is 2.14 bits per heavy atom. The number of hydrogen-bond acceptors (Lipinski definition) is 2. The second-order valence-electron chi connectivity index (χ2n) is 3.98. The summed E-state index contributed by atoms with van der Waals surface area (Å²) in [5.41, 5.74) is 2.70. The Labute approximate surface area is 85.6 Å². The van der Waals surface area contributed by atoms with E-state index in [4.69, 9.17) is 4.74 Å². The molecule has 1 aliphatic rings. The van der Waals surface area contributed by atoms with Gasteiger partial charge in [-0.05, 0) is 24.3 Å². The van der Waals surface area contributed by atoms with E-state index in [-0.39, 0.29) is 5.97 Å². The van der Waals surface area contributed by atoms with E-state index < -0.39 is 0 Å². The molecule has 0 fully saturated rings. The highest BCUT2D eigenvalue weighted by Gasteiger charge is 2.08. The smallest absolute Gasteiger partial charge is 0.302 e. The molecular weight excluding hydrogens is 176 g/mol. The summed E-state index contributed by atoms with van der Waals surface area (Å²) >= 11 is 0. The van der Waals surface area contributed by atoms with Gasteiger partial charge < -0.3 is 4.74 Å². The van der Waals surface area contributed by atoms with Gasteiger partial charge in [0.2, 0.25) is 0 Å². The van der Waals surface area contributed by atoms with Gasteiger partial charge in [-0.3, -0.25) is 4.79 Å². The number of allylic oxidation sites excluding steroid dienone is 3. The maximum absolute atomic E-state index is 10.6. The zero-order chi connectivity index (χ0) is 10.6. The molecule has 0 N–H and O–H groups in total. The van der Waals surface area contributed by atoms with Crippen molar-refractivity contribution in [2.45, 2.75) is 33.6 Å². The van der Waals surface area contributed by atoms with E-state index in [2.05, 4.69) is 26.0 Å². The second-order valence-corrected chi connectivity index (χ2v) is 3.98. The second kappa shape index (κ2) is 4.99. The fourth-order valence-electron chi connectivity index (χ4n) is 1.47. The zero-order valence-corrected chi connectivity index (χ0v) is 9.17. The van der Waals surface area contributed by atoms with E-state index in [1.54, 1.807) is 0 Å². The van der Waals surface area contributed by atoms with E-state index in [1.165, 1.54) is 18.1 Å². The van der Waals surface area contributed by atoms with Crippen LogP contribution in [-0.4, -0.2) is 12.6 Å². The van der Waals surface area contributed by atoms with Crippen LogP contribution in [0.15, 0.2) is 23.3 Å². The summed E-state index contributed by atoms with van der Waals surface area (Å²) in [5, 5.41) is 0. The number of rotatable bonds is 3. The first kappa shape index (κ1) is 11.0. The molecule has 0 bridgehead atoms. The van der Waals surface area contributed by atoms with Gasteiger partial charge in [-0.1, -0.05) is 31.6 Å². The fraction of sp³-hybridized carbons (Fsp3) is 0.583. The van der Waals surface area contributed by atoms with Crippen molar-refractivity contribution in [3.63, 3.8) is 0 Å². The van der Waals surface area contributed by atoms with Gasteiger partial charge in [-0.15, -0.1) is 0 Å². The van der Waals surface area contributed by atoms with Gasteiger partial charge in [-0.25, -0.2) is 0 Å². The standard InChI is InChI=1S/C12H18O2/c1-9(2)12-6-4-11(5-7-12)8-14-10(3)13/h4,7,9H,5-6,8H2,1-3H3. The lowest BCUT2D eigenvalue weighted by Crippen LogP contribution is -2.06. The van der Waals surface area contributed by atoms with Crippen LogP contribution in [0.1, 0.15) is 33.6 Å². The molecule has 0 aliphatic heterocycles. The molecule has 78 valence electrons. The third kappa shape index (κ3) is 3.36. The molecule has 2 heteroatoms. The molecule has 0 aromatic carbocycles. The zero-order valence-electron chi connectivity index (χ0n) is 9.17. The number of esters is 1. The third-order valence-corrected chi connectivity index (χ3v) is 2.46. The van der Waals surface area contributed by atoms with Crippen molar-refractivity contribution >= 4 is 5.97 Å². The average Bonchev–Trinajstić information content (AvgIpc) is 2.15. The molecule has 14 heavy (non-hydrogen) atoms. The van der Waals surface area contributed by atoms with Gasteiger partial charge in [0, 0.05) is 6.92 Å². The fourth-order valence-corrected chi connectivity index (χ4v) is 1.47. The quantitative estimate of drug-likeness (QED) is 0.510. The van der Waals surface area contributed by atoms with Crippen molar-refractivity contribution in [1.29, 1.82) is 0 Å². The first-order valence-corrected chi connectivity index (χ1v) is 5.09. The van der Waals surface area contributed by atoms with E-state index >= 15 is 0 Å². The summed E-state index contributed by atoms with van der Waals surface area (Å²) in [5.74, 6) is 0.422. The highest BCUT2D eigenvalue weighted by atomic mass is 16.5. The lowest BCUT2D eigenvalue weighted by molar-refractivity contribution is -0.140. The molecule has 0 saturated heterocycles. The van der Waals surface area contributed by atoms with Crippen molar-refractivity contribution in [1.82, 2.24) is 0 Å². The van der Waals surface area contributed by atoms with Crippen molar-refractivity contribution in [2.75, 3.05) is 6.61 Å². The van der Waals surface area contributed by atoms with Crippen LogP contribution < -0.4 is 0 Å². The van der Waals surface area contributed by atoms with Crippen LogP contribution in [0.3, 0.4) is 0 Å². The predicted octanol–water partition coefficient (Wildman–Crippen LogP) is 2.85. The first-order valence-electron chi connectivity index (χ1n) is 5.09. The summed E-state index contributed by atoms with van der Waals surface area (Å²) in [7, 11) is 0. The lowest BCUT2D eigenvalue weighted by Gasteiger charge is -2.16. The molecule has 0 aromatic heterocycles. The third-order valence-electron chi connectivity index (χ3n) is 2.46. The van der Waals surface area contributed by atoms with Crippen molar-refractivity contribution in [3.05, 3.63) is 23.3 Å². The molecular formula is C12H18O2. The Kier molecular flexibility index (Phi) is 3.93. The van der Waals surface area contributed by atoms with Crippen LogP contribution in [-0.2, 0) is 9.53 Å². The number of hydrogen-bond donors (Lipinski definition) is 0. The molecule has 0 amide bonds. The number of carbonyl (C=O) groups is 1. The van der Waals surface area contributed by atoms with Crippen LogP contribution in [0.25, 0.3) is 0 Å². The van der Waals surface area contributed by atoms with Crippen LogP contribution in [0, 0.1) is 5.92 Å². The van der Waals surface area contributed by atoms with Gasteiger partial charge in [0.15, 0.2) is 0 Å². The minimum atomic E-state index is -0.204. The van der Waals surface area contributed by atoms with Crippen molar-refractivity contribution in [2.24, 2.45) is 5.92 Å². The normalized spacial score (nSPS) is 16.3. The minimum Gasteiger partial charge on any atom is -0.461 e. The van der Waals surface area contributed by atoms with E-state index in [0.717, 1.165) is 12.8 Å². The summed E-state index contributed by atoms with van der Waals surface area (Å²) in [4.78, 5) is 10.6. The SMILES string of the molecule is CC(=O)OCC1=CCC(C(C)C)=CC1. The van der Waals surface area contributed by atoms with Crippen LogP contribution in [0.5, 0.6) is 0 Å². The van der Waals surface area contributed by atoms with Crippen LogP contribution >= 0.6 is 0 Å². The Morgan fingerprint density at radius 1 is 1.43 bits per heavy atom. The molecule has 0 heterocycles. The summed E-state index contributed by atoms with van der Waals surface area (Å²) in [6, 6.07) is 0. The van der Waals surface area contributed by atoms with Gasteiger partial charge in [0.1, 0.15) is 6.61 Å². The molecule has 0 aromatic rings. The highest BCUT2D eigenvalue weighted by molar-refractivity contribution is 5.66. The van der Waals surface area contributed by atoms with Gasteiger partial charge >= 0.3 is 5.97 Å². The largest absolute Gasteiger partial charge is 0.461 e. The lowest BCUT2D eigenvalue weighted by atomic mass is 9.92. The van der Waals surface area contributed by atoms with E-state index in [0.29, 0.717) is 12.5 Å². The predicted molar refractivity (Wildman–Crippen MR) is 56.9 cm³/mol. The Hall–Kier alpha value is -1.05. The molecule has 0 atom stereocenters. The number of ether oxygens (including phenoxy) is 1. The molecule has 2 nitrogen and oxygen atoms in total. The monoisotopic (exact) mass is 194 g/mol. The number of carbonyl (C=O) groups excluding carboxylic acids is 1. The van der Waals surface area contributed by atoms with Crippen LogP contribution in [0.4, 0.5) is 0 Å². The Balaban J connectivity index is 2.37.